The van der Waals surface area contributed by atoms with Gasteiger partial charge in [0.2, 0.25) is 0 Å². The van der Waals surface area contributed by atoms with Crippen LogP contribution in [0.15, 0.2) is 48.7 Å². The van der Waals surface area contributed by atoms with E-state index in [1.54, 1.807) is 24.4 Å². The fourth-order valence-electron chi connectivity index (χ4n) is 5.45. The van der Waals surface area contributed by atoms with Gasteiger partial charge in [-0.25, -0.2) is 0 Å². The van der Waals surface area contributed by atoms with Crippen LogP contribution in [0.2, 0.25) is 5.02 Å². The Morgan fingerprint density at radius 1 is 1.12 bits per heavy atom. The predicted octanol–water partition coefficient (Wildman–Crippen LogP) is 6.15. The monoisotopic (exact) mass is 466 g/mol. The molecule has 1 aliphatic carbocycles. The molecule has 2 N–H and O–H groups in total. The summed E-state index contributed by atoms with van der Waals surface area (Å²) >= 11 is 12.1. The van der Waals surface area contributed by atoms with E-state index in [0.29, 0.717) is 21.9 Å². The van der Waals surface area contributed by atoms with Crippen molar-refractivity contribution < 1.29 is 5.11 Å². The van der Waals surface area contributed by atoms with Gasteiger partial charge in [-0.1, -0.05) is 30.5 Å². The summed E-state index contributed by atoms with van der Waals surface area (Å²) in [7, 11) is 0. The molecule has 5 rings (SSSR count). The fourth-order valence-corrected chi connectivity index (χ4v) is 5.95. The molecule has 1 saturated carbocycles. The zero-order valence-electron chi connectivity index (χ0n) is 18.3. The molecular weight excluding hydrogens is 440 g/mol. The standard InChI is InChI=1S/C25H27ClN4OS/c1-15-13-19(16(2)29(15)18-7-3-4-8-18)24-23(20-9-5-6-12-27-20)28-25(32)30(24)21-14-17(26)10-11-22(21)31/h5-6,9-14,18,23-24,31H,3-4,7-8H2,1-2H3,(H,28,32)/t23-,24+/m1/s1. The van der Waals surface area contributed by atoms with E-state index in [1.165, 1.54) is 42.6 Å². The number of pyridine rings is 1. The van der Waals surface area contributed by atoms with Crippen molar-refractivity contribution in [2.75, 3.05) is 4.90 Å². The van der Waals surface area contributed by atoms with Crippen molar-refractivity contribution in [1.82, 2.24) is 14.9 Å². The Morgan fingerprint density at radius 2 is 1.91 bits per heavy atom. The third-order valence-corrected chi connectivity index (χ3v) is 7.38. The lowest BCUT2D eigenvalue weighted by Crippen LogP contribution is -2.29. The molecule has 2 fully saturated rings. The molecule has 5 nitrogen and oxygen atoms in total. The molecular formula is C25H27ClN4OS. The van der Waals surface area contributed by atoms with Crippen LogP contribution in [0.5, 0.6) is 5.75 Å². The topological polar surface area (TPSA) is 53.3 Å². The van der Waals surface area contributed by atoms with E-state index in [-0.39, 0.29) is 17.8 Å². The predicted molar refractivity (Wildman–Crippen MR) is 132 cm³/mol. The van der Waals surface area contributed by atoms with Crippen LogP contribution < -0.4 is 10.2 Å². The number of aryl methyl sites for hydroxylation is 1. The Kier molecular flexibility index (Phi) is 5.59. The largest absolute Gasteiger partial charge is 0.506 e. The minimum absolute atomic E-state index is 0.148. The molecule has 7 heteroatoms. The Hall–Kier alpha value is -2.57. The number of thiocarbonyl (C=S) groups is 1. The maximum absolute atomic E-state index is 10.7. The highest BCUT2D eigenvalue weighted by Gasteiger charge is 2.43. The van der Waals surface area contributed by atoms with Gasteiger partial charge in [0.25, 0.3) is 0 Å². The molecule has 2 atom stereocenters. The minimum atomic E-state index is -0.164. The first-order valence-corrected chi connectivity index (χ1v) is 11.9. The zero-order chi connectivity index (χ0) is 22.4. The normalized spacial score (nSPS) is 21.3. The van der Waals surface area contributed by atoms with Crippen molar-refractivity contribution in [1.29, 1.82) is 0 Å². The van der Waals surface area contributed by atoms with E-state index in [2.05, 4.69) is 34.8 Å². The van der Waals surface area contributed by atoms with E-state index in [1.807, 2.05) is 23.1 Å². The average Bonchev–Trinajstić information content (AvgIpc) is 3.48. The molecule has 3 aromatic rings. The molecule has 0 amide bonds. The molecule has 1 saturated heterocycles. The number of hydrogen-bond donors (Lipinski definition) is 2. The summed E-state index contributed by atoms with van der Waals surface area (Å²) in [5.74, 6) is 0.148. The Morgan fingerprint density at radius 3 is 2.62 bits per heavy atom. The lowest BCUT2D eigenvalue weighted by Gasteiger charge is -2.29. The summed E-state index contributed by atoms with van der Waals surface area (Å²) in [5, 5.41) is 15.3. The number of hydrogen-bond acceptors (Lipinski definition) is 3. The number of nitrogens with zero attached hydrogens (tertiary/aromatic N) is 3. The van der Waals surface area contributed by atoms with Gasteiger partial charge in [-0.2, -0.15) is 0 Å². The molecule has 2 aliphatic rings. The van der Waals surface area contributed by atoms with Crippen LogP contribution >= 0.6 is 23.8 Å². The van der Waals surface area contributed by atoms with Crippen LogP contribution in [0.4, 0.5) is 5.69 Å². The van der Waals surface area contributed by atoms with Crippen molar-refractivity contribution in [3.63, 3.8) is 0 Å². The van der Waals surface area contributed by atoms with Gasteiger partial charge >= 0.3 is 0 Å². The number of nitrogens with one attached hydrogen (secondary N) is 1. The molecule has 0 spiro atoms. The molecule has 166 valence electrons. The fraction of sp³-hybridized carbons (Fsp3) is 0.360. The molecule has 32 heavy (non-hydrogen) atoms. The lowest BCUT2D eigenvalue weighted by molar-refractivity contribution is 0.472. The molecule has 3 heterocycles. The Bertz CT molecular complexity index is 1160. The minimum Gasteiger partial charge on any atom is -0.506 e. The first-order valence-electron chi connectivity index (χ1n) is 11.1. The molecule has 0 unspecified atom stereocenters. The first-order chi connectivity index (χ1) is 15.5. The molecule has 1 aliphatic heterocycles. The van der Waals surface area contributed by atoms with Crippen molar-refractivity contribution in [3.8, 4) is 5.75 Å². The van der Waals surface area contributed by atoms with Gasteiger partial charge in [-0.05, 0) is 80.9 Å². The van der Waals surface area contributed by atoms with Crippen LogP contribution in [-0.4, -0.2) is 19.8 Å². The molecule has 2 aromatic heterocycles. The number of aromatic nitrogens is 2. The third kappa shape index (κ3) is 3.55. The number of aromatic hydroxyl groups is 1. The lowest BCUT2D eigenvalue weighted by atomic mass is 9.96. The van der Waals surface area contributed by atoms with E-state index in [0.717, 1.165) is 5.69 Å². The Labute approximate surface area is 199 Å². The summed E-state index contributed by atoms with van der Waals surface area (Å²) in [6, 6.07) is 13.5. The third-order valence-electron chi connectivity index (χ3n) is 6.83. The van der Waals surface area contributed by atoms with Crippen LogP contribution in [0.1, 0.15) is 66.5 Å². The van der Waals surface area contributed by atoms with Gasteiger partial charge in [-0.15, -0.1) is 0 Å². The highest BCUT2D eigenvalue weighted by atomic mass is 35.5. The second-order valence-electron chi connectivity index (χ2n) is 8.76. The van der Waals surface area contributed by atoms with Crippen LogP contribution in [0.25, 0.3) is 0 Å². The van der Waals surface area contributed by atoms with E-state index < -0.39 is 0 Å². The maximum Gasteiger partial charge on any atom is 0.174 e. The number of rotatable bonds is 4. The number of anilines is 1. The molecule has 0 radical (unpaired) electrons. The molecule has 1 aromatic carbocycles. The summed E-state index contributed by atoms with van der Waals surface area (Å²) in [6.45, 7) is 4.39. The van der Waals surface area contributed by atoms with Crippen LogP contribution in [-0.2, 0) is 0 Å². The summed E-state index contributed by atoms with van der Waals surface area (Å²) in [5.41, 5.74) is 5.21. The highest BCUT2D eigenvalue weighted by Crippen LogP contribution is 2.47. The van der Waals surface area contributed by atoms with Gasteiger partial charge in [0.1, 0.15) is 5.75 Å². The first kappa shape index (κ1) is 21.3. The van der Waals surface area contributed by atoms with Crippen LogP contribution in [0.3, 0.4) is 0 Å². The van der Waals surface area contributed by atoms with Gasteiger partial charge in [0, 0.05) is 28.6 Å². The van der Waals surface area contributed by atoms with Crippen molar-refractivity contribution >= 4 is 34.6 Å². The van der Waals surface area contributed by atoms with Gasteiger partial charge < -0.3 is 19.9 Å². The van der Waals surface area contributed by atoms with Crippen molar-refractivity contribution in [2.24, 2.45) is 0 Å². The number of phenolic OH excluding ortho intramolecular Hbond substituents is 1. The highest BCUT2D eigenvalue weighted by molar-refractivity contribution is 7.80. The zero-order valence-corrected chi connectivity index (χ0v) is 19.8. The van der Waals surface area contributed by atoms with Crippen molar-refractivity contribution in [3.05, 3.63) is 76.3 Å². The van der Waals surface area contributed by atoms with Gasteiger partial charge in [-0.3, -0.25) is 4.98 Å². The quantitative estimate of drug-likeness (QED) is 0.451. The number of phenols is 1. The summed E-state index contributed by atoms with van der Waals surface area (Å²) < 4.78 is 2.50. The SMILES string of the molecule is Cc1cc([C@H]2[C@@H](c3ccccn3)NC(=S)N2c2cc(Cl)ccc2O)c(C)n1C1CCCC1. The van der Waals surface area contributed by atoms with E-state index in [9.17, 15) is 5.11 Å². The second kappa shape index (κ2) is 8.41. The maximum atomic E-state index is 10.7. The van der Waals surface area contributed by atoms with E-state index >= 15 is 0 Å². The van der Waals surface area contributed by atoms with Gasteiger partial charge in [0.15, 0.2) is 5.11 Å². The smallest absolute Gasteiger partial charge is 0.174 e. The van der Waals surface area contributed by atoms with E-state index in [4.69, 9.17) is 23.8 Å². The van der Waals surface area contributed by atoms with Gasteiger partial charge in [0.05, 0.1) is 23.5 Å². The molecule has 0 bridgehead atoms. The Balaban J connectivity index is 1.68. The summed E-state index contributed by atoms with van der Waals surface area (Å²) in [4.78, 5) is 6.63. The van der Waals surface area contributed by atoms with Crippen molar-refractivity contribution in [2.45, 2.75) is 57.7 Å². The second-order valence-corrected chi connectivity index (χ2v) is 9.59. The summed E-state index contributed by atoms with van der Waals surface area (Å²) in [6.07, 6.45) is 6.81. The average molecular weight is 467 g/mol. The number of benzene rings is 1. The number of halogens is 1. The van der Waals surface area contributed by atoms with Crippen LogP contribution in [0, 0.1) is 13.8 Å².